The van der Waals surface area contributed by atoms with Gasteiger partial charge in [0.15, 0.2) is 0 Å². The third-order valence-electron chi connectivity index (χ3n) is 6.33. The van der Waals surface area contributed by atoms with Crippen molar-refractivity contribution in [3.63, 3.8) is 0 Å². The molecule has 2 N–H and O–H groups in total. The van der Waals surface area contributed by atoms with Crippen LogP contribution in [0.2, 0.25) is 0 Å². The van der Waals surface area contributed by atoms with Crippen molar-refractivity contribution < 1.29 is 22.8 Å². The number of carbonyl (C=O) groups is 2. The van der Waals surface area contributed by atoms with E-state index >= 15 is 0 Å². The van der Waals surface area contributed by atoms with E-state index < -0.39 is 11.7 Å². The Bertz CT molecular complexity index is 960. The van der Waals surface area contributed by atoms with Crippen LogP contribution in [0.3, 0.4) is 0 Å². The Balaban J connectivity index is 1.24. The lowest BCUT2D eigenvalue weighted by atomic mass is 9.75. The number of alkyl halides is 3. The van der Waals surface area contributed by atoms with Gasteiger partial charge in [-0.1, -0.05) is 37.5 Å². The van der Waals surface area contributed by atoms with Gasteiger partial charge in [0.1, 0.15) is 6.54 Å². The van der Waals surface area contributed by atoms with Gasteiger partial charge in [-0.05, 0) is 43.2 Å². The van der Waals surface area contributed by atoms with Gasteiger partial charge < -0.3 is 10.6 Å². The maximum absolute atomic E-state index is 12.9. The van der Waals surface area contributed by atoms with Crippen LogP contribution in [0, 0.1) is 0 Å². The number of hydrogen-bond acceptors (Lipinski definition) is 3. The van der Waals surface area contributed by atoms with Crippen LogP contribution in [0.5, 0.6) is 0 Å². The van der Waals surface area contributed by atoms with Crippen molar-refractivity contribution in [3.05, 3.63) is 53.3 Å². The van der Waals surface area contributed by atoms with E-state index in [4.69, 9.17) is 0 Å². The van der Waals surface area contributed by atoms with E-state index in [0.717, 1.165) is 31.7 Å². The summed E-state index contributed by atoms with van der Waals surface area (Å²) in [5.41, 5.74) is 0.350. The average molecular weight is 448 g/mol. The highest BCUT2D eigenvalue weighted by atomic mass is 19.4. The fourth-order valence-corrected chi connectivity index (χ4v) is 4.48. The Hall–Kier alpha value is -2.84. The number of amides is 2. The minimum atomic E-state index is -4.36. The van der Waals surface area contributed by atoms with Gasteiger partial charge in [-0.25, -0.2) is 0 Å². The van der Waals surface area contributed by atoms with Crippen molar-refractivity contribution in [2.45, 2.75) is 75.7 Å². The molecule has 9 heteroatoms. The summed E-state index contributed by atoms with van der Waals surface area (Å²) >= 11 is 0. The second-order valence-electron chi connectivity index (χ2n) is 8.79. The standard InChI is InChI=1S/C23H27F3N4O2/c24-23(25,26)18-6-4-5-15(9-18)16-10-20(11-16)29-22(32)17-12-27-30(13-17)14-21(31)28-19-7-2-1-3-8-19/h4-6,9,12-13,16,19-20H,1-3,7-8,10-11,14H2,(H,28,31)(H,29,32). The molecule has 0 aliphatic heterocycles. The molecule has 0 spiro atoms. The van der Waals surface area contributed by atoms with Crippen molar-refractivity contribution in [2.24, 2.45) is 0 Å². The highest BCUT2D eigenvalue weighted by molar-refractivity contribution is 5.94. The minimum absolute atomic E-state index is 0.00573. The van der Waals surface area contributed by atoms with Gasteiger partial charge in [-0.3, -0.25) is 14.3 Å². The molecule has 1 heterocycles. The van der Waals surface area contributed by atoms with E-state index in [1.165, 1.54) is 29.4 Å². The van der Waals surface area contributed by atoms with Gasteiger partial charge in [0.05, 0.1) is 17.3 Å². The van der Waals surface area contributed by atoms with Gasteiger partial charge in [0.25, 0.3) is 5.91 Å². The molecule has 0 saturated heterocycles. The minimum Gasteiger partial charge on any atom is -0.352 e. The first-order chi connectivity index (χ1) is 15.3. The van der Waals surface area contributed by atoms with Gasteiger partial charge in [-0.2, -0.15) is 18.3 Å². The quantitative estimate of drug-likeness (QED) is 0.701. The van der Waals surface area contributed by atoms with Crippen LogP contribution in [0.1, 0.15) is 72.3 Å². The highest BCUT2D eigenvalue weighted by Crippen LogP contribution is 2.39. The van der Waals surface area contributed by atoms with Crippen LogP contribution in [0.15, 0.2) is 36.7 Å². The largest absolute Gasteiger partial charge is 0.416 e. The van der Waals surface area contributed by atoms with E-state index in [-0.39, 0.29) is 36.4 Å². The monoisotopic (exact) mass is 448 g/mol. The lowest BCUT2D eigenvalue weighted by Crippen LogP contribution is -2.43. The molecule has 0 radical (unpaired) electrons. The third-order valence-corrected chi connectivity index (χ3v) is 6.33. The van der Waals surface area contributed by atoms with Crippen LogP contribution in [-0.4, -0.2) is 33.7 Å². The molecular formula is C23H27F3N4O2. The summed E-state index contributed by atoms with van der Waals surface area (Å²) in [7, 11) is 0. The fraction of sp³-hybridized carbons (Fsp3) is 0.522. The molecule has 6 nitrogen and oxygen atoms in total. The smallest absolute Gasteiger partial charge is 0.352 e. The molecule has 0 bridgehead atoms. The second kappa shape index (κ2) is 9.34. The summed E-state index contributed by atoms with van der Waals surface area (Å²) in [5.74, 6) is -0.417. The van der Waals surface area contributed by atoms with Crippen LogP contribution >= 0.6 is 0 Å². The summed E-state index contributed by atoms with van der Waals surface area (Å²) in [6.07, 6.45) is 5.26. The molecule has 2 aliphatic rings. The first-order valence-corrected chi connectivity index (χ1v) is 11.1. The zero-order valence-corrected chi connectivity index (χ0v) is 17.7. The summed E-state index contributed by atoms with van der Waals surface area (Å²) in [6, 6.07) is 5.49. The molecule has 2 aromatic rings. The first-order valence-electron chi connectivity index (χ1n) is 11.1. The van der Waals surface area contributed by atoms with Crippen LogP contribution in [-0.2, 0) is 17.5 Å². The number of nitrogens with zero attached hydrogens (tertiary/aromatic N) is 2. The van der Waals surface area contributed by atoms with E-state index in [2.05, 4.69) is 15.7 Å². The van der Waals surface area contributed by atoms with Crippen molar-refractivity contribution in [2.75, 3.05) is 0 Å². The maximum atomic E-state index is 12.9. The van der Waals surface area contributed by atoms with Gasteiger partial charge in [0, 0.05) is 18.3 Å². The number of carbonyl (C=O) groups excluding carboxylic acids is 2. The lowest BCUT2D eigenvalue weighted by molar-refractivity contribution is -0.137. The zero-order chi connectivity index (χ0) is 22.7. The average Bonchev–Trinajstić information content (AvgIpc) is 3.19. The van der Waals surface area contributed by atoms with Crippen LogP contribution < -0.4 is 10.6 Å². The molecule has 2 amide bonds. The lowest BCUT2D eigenvalue weighted by Gasteiger charge is -2.36. The Morgan fingerprint density at radius 3 is 2.53 bits per heavy atom. The zero-order valence-electron chi connectivity index (χ0n) is 17.7. The fourth-order valence-electron chi connectivity index (χ4n) is 4.48. The number of hydrogen-bond donors (Lipinski definition) is 2. The van der Waals surface area contributed by atoms with Crippen LogP contribution in [0.25, 0.3) is 0 Å². The maximum Gasteiger partial charge on any atom is 0.416 e. The van der Waals surface area contributed by atoms with E-state index in [1.807, 2.05) is 0 Å². The van der Waals surface area contributed by atoms with Gasteiger partial charge >= 0.3 is 6.18 Å². The van der Waals surface area contributed by atoms with Crippen molar-refractivity contribution in [1.82, 2.24) is 20.4 Å². The number of nitrogens with one attached hydrogen (secondary N) is 2. The van der Waals surface area contributed by atoms with E-state index in [9.17, 15) is 22.8 Å². The Labute approximate surface area is 184 Å². The van der Waals surface area contributed by atoms with E-state index in [1.54, 1.807) is 12.3 Å². The van der Waals surface area contributed by atoms with E-state index in [0.29, 0.717) is 24.0 Å². The van der Waals surface area contributed by atoms with Crippen molar-refractivity contribution in [1.29, 1.82) is 0 Å². The topological polar surface area (TPSA) is 76.0 Å². The summed E-state index contributed by atoms with van der Waals surface area (Å²) in [5, 5.41) is 10.0. The Morgan fingerprint density at radius 1 is 1.06 bits per heavy atom. The normalized spacial score (nSPS) is 21.6. The predicted molar refractivity (Wildman–Crippen MR) is 112 cm³/mol. The molecule has 1 aromatic heterocycles. The molecule has 0 unspecified atom stereocenters. The summed E-state index contributed by atoms with van der Waals surface area (Å²) < 4.78 is 40.1. The molecule has 2 saturated carbocycles. The number of aromatic nitrogens is 2. The second-order valence-corrected chi connectivity index (χ2v) is 8.79. The molecule has 2 fully saturated rings. The van der Waals surface area contributed by atoms with Gasteiger partial charge in [0.2, 0.25) is 5.91 Å². The third kappa shape index (κ3) is 5.49. The summed E-state index contributed by atoms with van der Waals surface area (Å²) in [6.45, 7) is 0.0603. The van der Waals surface area contributed by atoms with Gasteiger partial charge in [-0.15, -0.1) is 0 Å². The molecule has 2 aliphatic carbocycles. The molecule has 172 valence electrons. The van der Waals surface area contributed by atoms with Crippen molar-refractivity contribution >= 4 is 11.8 Å². The molecule has 0 atom stereocenters. The molecule has 32 heavy (non-hydrogen) atoms. The molecular weight excluding hydrogens is 421 g/mol. The Kier molecular flexibility index (Phi) is 6.53. The predicted octanol–water partition coefficient (Wildman–Crippen LogP) is 4.03. The SMILES string of the molecule is O=C(Cn1cc(C(=O)NC2CC(c3cccc(C(F)(F)F)c3)C2)cn1)NC1CCCCC1. The Morgan fingerprint density at radius 2 is 1.81 bits per heavy atom. The first kappa shape index (κ1) is 22.4. The van der Waals surface area contributed by atoms with Crippen LogP contribution in [0.4, 0.5) is 13.2 Å². The number of benzene rings is 1. The van der Waals surface area contributed by atoms with Crippen molar-refractivity contribution in [3.8, 4) is 0 Å². The number of rotatable bonds is 6. The molecule has 1 aromatic carbocycles. The number of halogens is 3. The summed E-state index contributed by atoms with van der Waals surface area (Å²) in [4.78, 5) is 24.7. The highest BCUT2D eigenvalue weighted by Gasteiger charge is 2.35. The molecule has 4 rings (SSSR count).